The first-order valence-electron chi connectivity index (χ1n) is 7.05. The second-order valence-electron chi connectivity index (χ2n) is 5.44. The lowest BCUT2D eigenvalue weighted by molar-refractivity contribution is -0.144. The number of anilines is 1. The van der Waals surface area contributed by atoms with Crippen LogP contribution in [0.4, 0.5) is 5.69 Å². The largest absolute Gasteiger partial charge is 0.481 e. The summed E-state index contributed by atoms with van der Waals surface area (Å²) in [7, 11) is 0. The molecule has 0 radical (unpaired) electrons. The highest BCUT2D eigenvalue weighted by molar-refractivity contribution is 6.33. The molecule has 6 heteroatoms. The summed E-state index contributed by atoms with van der Waals surface area (Å²) in [6, 6.07) is 4.70. The number of carbonyl (C=O) groups excluding carboxylic acids is 1. The maximum atomic E-state index is 12.1. The highest BCUT2D eigenvalue weighted by Gasteiger charge is 2.30. The first kappa shape index (κ1) is 15.6. The molecule has 0 saturated heterocycles. The van der Waals surface area contributed by atoms with Crippen LogP contribution in [0.5, 0.6) is 0 Å². The number of halogens is 1. The molecule has 1 aliphatic carbocycles. The van der Waals surface area contributed by atoms with Crippen molar-refractivity contribution < 1.29 is 14.7 Å². The maximum absolute atomic E-state index is 12.1. The molecular weight excluding hydrogens is 292 g/mol. The first-order valence-corrected chi connectivity index (χ1v) is 7.43. The standard InChI is InChI=1S/C15H19ClN2O3/c16-12-7-9(5-6-13(12)17)14(19)18-8-10-3-1-2-4-11(10)15(20)21/h5-7,10-11H,1-4,8,17H2,(H,18,19)(H,20,21). The van der Waals surface area contributed by atoms with Crippen LogP contribution in [-0.2, 0) is 4.79 Å². The van der Waals surface area contributed by atoms with E-state index in [1.807, 2.05) is 0 Å². The van der Waals surface area contributed by atoms with Gasteiger partial charge in [-0.3, -0.25) is 9.59 Å². The number of rotatable bonds is 4. The van der Waals surface area contributed by atoms with Gasteiger partial charge in [-0.1, -0.05) is 24.4 Å². The highest BCUT2D eigenvalue weighted by atomic mass is 35.5. The van der Waals surface area contributed by atoms with E-state index in [0.29, 0.717) is 29.2 Å². The third kappa shape index (κ3) is 3.88. The van der Waals surface area contributed by atoms with E-state index in [1.54, 1.807) is 12.1 Å². The van der Waals surface area contributed by atoms with E-state index >= 15 is 0 Å². The molecule has 2 unspecified atom stereocenters. The number of carbonyl (C=O) groups is 2. The van der Waals surface area contributed by atoms with Crippen molar-refractivity contribution in [3.05, 3.63) is 28.8 Å². The normalized spacial score (nSPS) is 21.8. The molecule has 1 amide bonds. The summed E-state index contributed by atoms with van der Waals surface area (Å²) in [5, 5.41) is 12.3. The zero-order valence-electron chi connectivity index (χ0n) is 11.6. The van der Waals surface area contributed by atoms with Crippen LogP contribution in [0.3, 0.4) is 0 Å². The number of hydrogen-bond acceptors (Lipinski definition) is 3. The molecule has 1 fully saturated rings. The SMILES string of the molecule is Nc1ccc(C(=O)NCC2CCCCC2C(=O)O)cc1Cl. The van der Waals surface area contributed by atoms with Crippen molar-refractivity contribution in [1.29, 1.82) is 0 Å². The lowest BCUT2D eigenvalue weighted by Gasteiger charge is -2.28. The van der Waals surface area contributed by atoms with Gasteiger partial charge in [0.05, 0.1) is 16.6 Å². The van der Waals surface area contributed by atoms with Crippen LogP contribution >= 0.6 is 11.6 Å². The van der Waals surface area contributed by atoms with Crippen molar-refractivity contribution in [2.24, 2.45) is 11.8 Å². The number of aliphatic carboxylic acids is 1. The minimum atomic E-state index is -0.774. The van der Waals surface area contributed by atoms with Crippen LogP contribution in [-0.4, -0.2) is 23.5 Å². The number of benzene rings is 1. The molecule has 0 heterocycles. The summed E-state index contributed by atoms with van der Waals surface area (Å²) in [4.78, 5) is 23.3. The quantitative estimate of drug-likeness (QED) is 0.745. The lowest BCUT2D eigenvalue weighted by atomic mass is 9.79. The molecule has 21 heavy (non-hydrogen) atoms. The third-order valence-electron chi connectivity index (χ3n) is 4.01. The van der Waals surface area contributed by atoms with Gasteiger partial charge in [0.15, 0.2) is 0 Å². The number of nitrogen functional groups attached to an aromatic ring is 1. The van der Waals surface area contributed by atoms with Crippen LogP contribution in [0.1, 0.15) is 36.0 Å². The number of hydrogen-bond donors (Lipinski definition) is 3. The van der Waals surface area contributed by atoms with Crippen LogP contribution in [0.25, 0.3) is 0 Å². The highest BCUT2D eigenvalue weighted by Crippen LogP contribution is 2.29. The molecule has 1 aliphatic rings. The zero-order chi connectivity index (χ0) is 15.4. The molecule has 114 valence electrons. The van der Waals surface area contributed by atoms with Crippen LogP contribution in [0.15, 0.2) is 18.2 Å². The Morgan fingerprint density at radius 3 is 2.71 bits per heavy atom. The summed E-state index contributed by atoms with van der Waals surface area (Å²) in [6.45, 7) is 0.373. The van der Waals surface area contributed by atoms with Gasteiger partial charge >= 0.3 is 5.97 Å². The van der Waals surface area contributed by atoms with Gasteiger partial charge in [-0.15, -0.1) is 0 Å². The predicted molar refractivity (Wildman–Crippen MR) is 81.3 cm³/mol. The number of nitrogens with two attached hydrogens (primary N) is 1. The fourth-order valence-electron chi connectivity index (χ4n) is 2.77. The molecule has 2 atom stereocenters. The van der Waals surface area contributed by atoms with Crippen LogP contribution in [0.2, 0.25) is 5.02 Å². The minimum Gasteiger partial charge on any atom is -0.481 e. The van der Waals surface area contributed by atoms with Gasteiger partial charge < -0.3 is 16.2 Å². The van der Waals surface area contributed by atoms with E-state index in [1.165, 1.54) is 6.07 Å². The molecule has 1 aromatic rings. The second-order valence-corrected chi connectivity index (χ2v) is 5.84. The molecule has 5 nitrogen and oxygen atoms in total. The van der Waals surface area contributed by atoms with Crippen molar-refractivity contribution in [1.82, 2.24) is 5.32 Å². The molecule has 0 aromatic heterocycles. The van der Waals surface area contributed by atoms with E-state index in [9.17, 15) is 14.7 Å². The Bertz CT molecular complexity index is 548. The van der Waals surface area contributed by atoms with Gasteiger partial charge in [0.1, 0.15) is 0 Å². The predicted octanol–water partition coefficient (Wildman–Crippen LogP) is 2.54. The maximum Gasteiger partial charge on any atom is 0.306 e. The Balaban J connectivity index is 1.96. The fraction of sp³-hybridized carbons (Fsp3) is 0.467. The van der Waals surface area contributed by atoms with E-state index in [0.717, 1.165) is 19.3 Å². The molecule has 2 rings (SSSR count). The number of amides is 1. The number of nitrogens with one attached hydrogen (secondary N) is 1. The monoisotopic (exact) mass is 310 g/mol. The zero-order valence-corrected chi connectivity index (χ0v) is 12.4. The molecule has 0 bridgehead atoms. The van der Waals surface area contributed by atoms with E-state index in [-0.39, 0.29) is 17.7 Å². The average molecular weight is 311 g/mol. The van der Waals surface area contributed by atoms with Gasteiger partial charge in [0.2, 0.25) is 0 Å². The lowest BCUT2D eigenvalue weighted by Crippen LogP contribution is -2.37. The Morgan fingerprint density at radius 1 is 1.33 bits per heavy atom. The van der Waals surface area contributed by atoms with E-state index in [4.69, 9.17) is 17.3 Å². The van der Waals surface area contributed by atoms with Gasteiger partial charge in [-0.2, -0.15) is 0 Å². The third-order valence-corrected chi connectivity index (χ3v) is 4.34. The summed E-state index contributed by atoms with van der Waals surface area (Å²) in [5.74, 6) is -1.41. The van der Waals surface area contributed by atoms with Crippen molar-refractivity contribution in [2.75, 3.05) is 12.3 Å². The van der Waals surface area contributed by atoms with Crippen molar-refractivity contribution in [3.63, 3.8) is 0 Å². The minimum absolute atomic E-state index is 0.00977. The van der Waals surface area contributed by atoms with Crippen molar-refractivity contribution >= 4 is 29.2 Å². The smallest absolute Gasteiger partial charge is 0.306 e. The molecule has 0 spiro atoms. The Morgan fingerprint density at radius 2 is 2.05 bits per heavy atom. The molecular formula is C15H19ClN2O3. The number of carboxylic acid groups (broad SMARTS) is 1. The summed E-state index contributed by atoms with van der Waals surface area (Å²) < 4.78 is 0. The fourth-order valence-corrected chi connectivity index (χ4v) is 2.95. The Hall–Kier alpha value is -1.75. The van der Waals surface area contributed by atoms with E-state index in [2.05, 4.69) is 5.32 Å². The molecule has 1 aromatic carbocycles. The number of carboxylic acids is 1. The van der Waals surface area contributed by atoms with Crippen LogP contribution in [0, 0.1) is 11.8 Å². The van der Waals surface area contributed by atoms with Gasteiger partial charge in [-0.25, -0.2) is 0 Å². The van der Waals surface area contributed by atoms with Gasteiger partial charge in [0, 0.05) is 12.1 Å². The van der Waals surface area contributed by atoms with Crippen molar-refractivity contribution in [2.45, 2.75) is 25.7 Å². The molecule has 4 N–H and O–H groups in total. The topological polar surface area (TPSA) is 92.4 Å². The van der Waals surface area contributed by atoms with Gasteiger partial charge in [0.25, 0.3) is 5.91 Å². The van der Waals surface area contributed by atoms with Crippen LogP contribution < -0.4 is 11.1 Å². The Kier molecular flexibility index (Phi) is 5.07. The van der Waals surface area contributed by atoms with E-state index < -0.39 is 5.97 Å². The summed E-state index contributed by atoms with van der Waals surface area (Å²) >= 11 is 5.89. The Labute approximate surface area is 128 Å². The van der Waals surface area contributed by atoms with Crippen molar-refractivity contribution in [3.8, 4) is 0 Å². The molecule has 1 saturated carbocycles. The molecule has 0 aliphatic heterocycles. The average Bonchev–Trinajstić information content (AvgIpc) is 2.47. The second kappa shape index (κ2) is 6.80. The summed E-state index contributed by atoms with van der Waals surface area (Å²) in [6.07, 6.45) is 3.47. The van der Waals surface area contributed by atoms with Gasteiger partial charge in [-0.05, 0) is 37.0 Å². The first-order chi connectivity index (χ1) is 9.99. The summed E-state index contributed by atoms with van der Waals surface area (Å²) in [5.41, 5.74) is 6.45.